The molecule has 1 rings (SSSR count). The third-order valence-electron chi connectivity index (χ3n) is 1.58. The Morgan fingerprint density at radius 2 is 2.36 bits per heavy atom. The van der Waals surface area contributed by atoms with E-state index in [1.807, 2.05) is 6.92 Å². The van der Waals surface area contributed by atoms with Gasteiger partial charge in [0, 0.05) is 19.8 Å². The van der Waals surface area contributed by atoms with Gasteiger partial charge in [0.25, 0.3) is 0 Å². The highest BCUT2D eigenvalue weighted by Gasteiger charge is 1.94. The lowest BCUT2D eigenvalue weighted by molar-refractivity contribution is 0.147. The molecule has 0 amide bonds. The van der Waals surface area contributed by atoms with Gasteiger partial charge in [-0.25, -0.2) is 4.98 Å². The SMILES string of the molecule is CCOCCCNc1cncc(Cl)n1. The van der Waals surface area contributed by atoms with Crippen molar-refractivity contribution in [1.82, 2.24) is 9.97 Å². The second-order valence-corrected chi connectivity index (χ2v) is 3.09. The summed E-state index contributed by atoms with van der Waals surface area (Å²) in [5, 5.41) is 3.51. The van der Waals surface area contributed by atoms with Gasteiger partial charge in [0.05, 0.1) is 12.4 Å². The first-order valence-electron chi connectivity index (χ1n) is 4.62. The van der Waals surface area contributed by atoms with Crippen molar-refractivity contribution in [2.45, 2.75) is 13.3 Å². The maximum atomic E-state index is 5.67. The molecule has 1 aromatic heterocycles. The predicted octanol–water partition coefficient (Wildman–Crippen LogP) is 1.97. The van der Waals surface area contributed by atoms with E-state index >= 15 is 0 Å². The maximum absolute atomic E-state index is 5.67. The van der Waals surface area contributed by atoms with Crippen molar-refractivity contribution in [3.8, 4) is 0 Å². The van der Waals surface area contributed by atoms with Crippen molar-refractivity contribution in [2.24, 2.45) is 0 Å². The number of rotatable bonds is 6. The number of hydrogen-bond donors (Lipinski definition) is 1. The Labute approximate surface area is 88.7 Å². The average Bonchev–Trinajstić information content (AvgIpc) is 2.18. The fourth-order valence-corrected chi connectivity index (χ4v) is 1.11. The Balaban J connectivity index is 2.18. The number of halogens is 1. The van der Waals surface area contributed by atoms with Crippen molar-refractivity contribution in [3.05, 3.63) is 17.5 Å². The fraction of sp³-hybridized carbons (Fsp3) is 0.556. The molecule has 0 saturated carbocycles. The second-order valence-electron chi connectivity index (χ2n) is 2.70. The van der Waals surface area contributed by atoms with E-state index in [0.717, 1.165) is 26.2 Å². The van der Waals surface area contributed by atoms with Gasteiger partial charge in [-0.3, -0.25) is 4.98 Å². The van der Waals surface area contributed by atoms with E-state index in [4.69, 9.17) is 16.3 Å². The lowest BCUT2D eigenvalue weighted by Gasteiger charge is -2.04. The molecule has 78 valence electrons. The Hall–Kier alpha value is -0.870. The molecule has 0 aromatic carbocycles. The van der Waals surface area contributed by atoms with Gasteiger partial charge in [0.1, 0.15) is 11.0 Å². The van der Waals surface area contributed by atoms with E-state index in [9.17, 15) is 0 Å². The van der Waals surface area contributed by atoms with Crippen molar-refractivity contribution in [1.29, 1.82) is 0 Å². The first kappa shape index (κ1) is 11.2. The van der Waals surface area contributed by atoms with Crippen LogP contribution in [0.2, 0.25) is 5.15 Å². The summed E-state index contributed by atoms with van der Waals surface area (Å²) in [4.78, 5) is 7.95. The standard InChI is InChI=1S/C9H14ClN3O/c1-2-14-5-3-4-12-9-7-11-6-8(10)13-9/h6-7H,2-5H2,1H3,(H,12,13). The van der Waals surface area contributed by atoms with Crippen LogP contribution in [0, 0.1) is 0 Å². The van der Waals surface area contributed by atoms with E-state index in [0.29, 0.717) is 11.0 Å². The summed E-state index contributed by atoms with van der Waals surface area (Å²) < 4.78 is 5.19. The first-order valence-corrected chi connectivity index (χ1v) is 5.00. The number of aromatic nitrogens is 2. The lowest BCUT2D eigenvalue weighted by Crippen LogP contribution is -2.07. The average molecular weight is 216 g/mol. The number of nitrogens with zero attached hydrogens (tertiary/aromatic N) is 2. The van der Waals surface area contributed by atoms with Crippen LogP contribution in [0.15, 0.2) is 12.4 Å². The molecule has 0 bridgehead atoms. The van der Waals surface area contributed by atoms with Crippen LogP contribution in [0.25, 0.3) is 0 Å². The number of ether oxygens (including phenoxy) is 1. The smallest absolute Gasteiger partial charge is 0.149 e. The molecule has 1 heterocycles. The van der Waals surface area contributed by atoms with E-state index in [-0.39, 0.29) is 0 Å². The van der Waals surface area contributed by atoms with Crippen LogP contribution in [-0.4, -0.2) is 29.7 Å². The molecule has 0 atom stereocenters. The molecule has 0 radical (unpaired) electrons. The van der Waals surface area contributed by atoms with Gasteiger partial charge in [-0.1, -0.05) is 11.6 Å². The molecule has 0 spiro atoms. The summed E-state index contributed by atoms with van der Waals surface area (Å²) in [6.07, 6.45) is 4.10. The monoisotopic (exact) mass is 215 g/mol. The van der Waals surface area contributed by atoms with Crippen LogP contribution in [-0.2, 0) is 4.74 Å². The van der Waals surface area contributed by atoms with Crippen LogP contribution in [0.1, 0.15) is 13.3 Å². The largest absolute Gasteiger partial charge is 0.382 e. The highest BCUT2D eigenvalue weighted by atomic mass is 35.5. The predicted molar refractivity (Wildman–Crippen MR) is 56.6 cm³/mol. The minimum absolute atomic E-state index is 0.403. The zero-order valence-electron chi connectivity index (χ0n) is 8.16. The van der Waals surface area contributed by atoms with Crippen molar-refractivity contribution in [2.75, 3.05) is 25.1 Å². The molecule has 0 saturated heterocycles. The summed E-state index contributed by atoms with van der Waals surface area (Å²) in [7, 11) is 0. The third-order valence-corrected chi connectivity index (χ3v) is 1.76. The lowest BCUT2D eigenvalue weighted by atomic mass is 10.4. The van der Waals surface area contributed by atoms with Gasteiger partial charge < -0.3 is 10.1 Å². The molecule has 0 aliphatic heterocycles. The molecular formula is C9H14ClN3O. The first-order chi connectivity index (χ1) is 6.83. The maximum Gasteiger partial charge on any atom is 0.149 e. The van der Waals surface area contributed by atoms with Crippen LogP contribution in [0.3, 0.4) is 0 Å². The van der Waals surface area contributed by atoms with Crippen LogP contribution >= 0.6 is 11.6 Å². The number of nitrogens with one attached hydrogen (secondary N) is 1. The zero-order chi connectivity index (χ0) is 10.2. The normalized spacial score (nSPS) is 10.1. The van der Waals surface area contributed by atoms with Crippen molar-refractivity contribution < 1.29 is 4.74 Å². The molecule has 1 aromatic rings. The van der Waals surface area contributed by atoms with Gasteiger partial charge in [0.2, 0.25) is 0 Å². The molecule has 0 fully saturated rings. The fourth-order valence-electron chi connectivity index (χ4n) is 0.962. The van der Waals surface area contributed by atoms with Crippen LogP contribution < -0.4 is 5.32 Å². The van der Waals surface area contributed by atoms with Crippen molar-refractivity contribution in [3.63, 3.8) is 0 Å². The Morgan fingerprint density at radius 3 is 3.07 bits per heavy atom. The molecule has 14 heavy (non-hydrogen) atoms. The summed E-state index contributed by atoms with van der Waals surface area (Å²) in [6, 6.07) is 0. The van der Waals surface area contributed by atoms with E-state index in [2.05, 4.69) is 15.3 Å². The third kappa shape index (κ3) is 4.39. The summed E-state index contributed by atoms with van der Waals surface area (Å²) in [5.74, 6) is 0.703. The zero-order valence-corrected chi connectivity index (χ0v) is 8.92. The Kier molecular flexibility index (Phi) is 5.25. The van der Waals surface area contributed by atoms with E-state index in [1.165, 1.54) is 6.20 Å². The molecule has 4 nitrogen and oxygen atoms in total. The van der Waals surface area contributed by atoms with E-state index in [1.54, 1.807) is 6.20 Å². The quantitative estimate of drug-likeness (QED) is 0.738. The summed E-state index contributed by atoms with van der Waals surface area (Å²) in [5.41, 5.74) is 0. The topological polar surface area (TPSA) is 47.0 Å². The molecule has 0 aliphatic rings. The number of anilines is 1. The molecule has 1 N–H and O–H groups in total. The summed E-state index contributed by atoms with van der Waals surface area (Å²) >= 11 is 5.67. The summed E-state index contributed by atoms with van der Waals surface area (Å²) in [6.45, 7) is 4.32. The molecular weight excluding hydrogens is 202 g/mol. The molecule has 5 heteroatoms. The Morgan fingerprint density at radius 1 is 1.50 bits per heavy atom. The van der Waals surface area contributed by atoms with Gasteiger partial charge in [-0.2, -0.15) is 0 Å². The minimum Gasteiger partial charge on any atom is -0.382 e. The van der Waals surface area contributed by atoms with Crippen LogP contribution in [0.5, 0.6) is 0 Å². The van der Waals surface area contributed by atoms with Crippen molar-refractivity contribution >= 4 is 17.4 Å². The van der Waals surface area contributed by atoms with Gasteiger partial charge in [-0.05, 0) is 13.3 Å². The molecule has 0 aliphatic carbocycles. The highest BCUT2D eigenvalue weighted by Crippen LogP contribution is 2.06. The Bertz CT molecular complexity index is 270. The van der Waals surface area contributed by atoms with Crippen LogP contribution in [0.4, 0.5) is 5.82 Å². The second kappa shape index (κ2) is 6.56. The van der Waals surface area contributed by atoms with Gasteiger partial charge in [-0.15, -0.1) is 0 Å². The highest BCUT2D eigenvalue weighted by molar-refractivity contribution is 6.29. The minimum atomic E-state index is 0.403. The molecule has 0 unspecified atom stereocenters. The number of hydrogen-bond acceptors (Lipinski definition) is 4. The van der Waals surface area contributed by atoms with E-state index < -0.39 is 0 Å². The van der Waals surface area contributed by atoms with Gasteiger partial charge in [0.15, 0.2) is 0 Å². The van der Waals surface area contributed by atoms with Gasteiger partial charge >= 0.3 is 0 Å².